The van der Waals surface area contributed by atoms with Crippen molar-refractivity contribution in [1.82, 2.24) is 4.72 Å². The maximum absolute atomic E-state index is 12.7. The van der Waals surface area contributed by atoms with Crippen molar-refractivity contribution in [3.8, 4) is 16.9 Å². The number of benzene rings is 1. The summed E-state index contributed by atoms with van der Waals surface area (Å²) in [6.07, 6.45) is -3.20. The first-order valence-electron chi connectivity index (χ1n) is 11.0. The van der Waals surface area contributed by atoms with E-state index in [4.69, 9.17) is 0 Å². The predicted octanol–water partition coefficient (Wildman–Crippen LogP) is 2.08. The summed E-state index contributed by atoms with van der Waals surface area (Å²) in [6, 6.07) is 12.0. The minimum atomic E-state index is -4.98. The third-order valence-corrected chi connectivity index (χ3v) is 7.47. The van der Waals surface area contributed by atoms with Crippen molar-refractivity contribution in [1.29, 1.82) is 0 Å². The van der Waals surface area contributed by atoms with Crippen LogP contribution in [-0.2, 0) is 33.0 Å². The van der Waals surface area contributed by atoms with Crippen molar-refractivity contribution >= 4 is 20.4 Å². The molecule has 2 aliphatic rings. The monoisotopic (exact) mass is 567 g/mol. The maximum Gasteiger partial charge on any atom is 1.00 e. The number of sulfonamides is 1. The topological polar surface area (TPSA) is 113 Å². The van der Waals surface area contributed by atoms with Crippen LogP contribution in [-0.4, -0.2) is 27.9 Å². The minimum absolute atomic E-state index is 0. The van der Waals surface area contributed by atoms with Crippen LogP contribution in [0.2, 0.25) is 0 Å². The van der Waals surface area contributed by atoms with Gasteiger partial charge in [-0.2, -0.15) is 13.2 Å². The van der Waals surface area contributed by atoms with E-state index in [1.807, 2.05) is 32.0 Å². The molecule has 0 amide bonds. The summed E-state index contributed by atoms with van der Waals surface area (Å²) < 4.78 is 103. The smallest absolute Gasteiger partial charge is 0.716 e. The third kappa shape index (κ3) is 8.67. The Balaban J connectivity index is 0.00000481. The summed E-state index contributed by atoms with van der Waals surface area (Å²) in [5.74, 6) is 0.152. The van der Waals surface area contributed by atoms with Crippen molar-refractivity contribution in [3.63, 3.8) is 0 Å². The fourth-order valence-electron chi connectivity index (χ4n) is 3.73. The molecule has 2 aliphatic carbocycles. The van der Waals surface area contributed by atoms with E-state index in [0.29, 0.717) is 42.5 Å². The molecule has 0 atom stereocenters. The molecule has 0 saturated carbocycles. The van der Waals surface area contributed by atoms with Crippen molar-refractivity contribution in [2.45, 2.75) is 50.1 Å². The fraction of sp³-hybridized carbons (Fsp3) is 0.333. The molecular weight excluding hydrogens is 542 g/mol. The molecule has 0 bridgehead atoms. The predicted molar refractivity (Wildman–Crippen MR) is 127 cm³/mol. The first kappa shape index (κ1) is 31.5. The van der Waals surface area contributed by atoms with Gasteiger partial charge in [0.2, 0.25) is 10.0 Å². The fourth-order valence-corrected chi connectivity index (χ4v) is 5.16. The van der Waals surface area contributed by atoms with Crippen LogP contribution in [0.3, 0.4) is 0 Å². The van der Waals surface area contributed by atoms with Crippen LogP contribution >= 0.6 is 0 Å². The Hall–Kier alpha value is -1.67. The number of rotatable bonds is 10. The van der Waals surface area contributed by atoms with Gasteiger partial charge in [-0.1, -0.05) is 38.1 Å². The maximum atomic E-state index is 12.7. The number of nitrogens with one attached hydrogen (secondary N) is 1. The molecule has 0 spiro atoms. The van der Waals surface area contributed by atoms with Gasteiger partial charge < -0.3 is 8.74 Å². The number of aryl methyl sites for hydroxylation is 1. The van der Waals surface area contributed by atoms with E-state index < -0.39 is 32.2 Å². The molecule has 0 radical (unpaired) electrons. The molecule has 0 aliphatic heterocycles. The summed E-state index contributed by atoms with van der Waals surface area (Å²) in [7, 11) is -8.95. The van der Waals surface area contributed by atoms with Gasteiger partial charge in [0.25, 0.3) is 10.4 Å². The largest absolute Gasteiger partial charge is 1.00 e. The quantitative estimate of drug-likeness (QED) is 0.174. The number of halogens is 3. The molecule has 196 valence electrons. The van der Waals surface area contributed by atoms with Gasteiger partial charge in [-0.15, -0.1) is 0 Å². The van der Waals surface area contributed by atoms with Gasteiger partial charge in [0.1, 0.15) is 5.75 Å². The number of alkyl halides is 3. The van der Waals surface area contributed by atoms with Gasteiger partial charge in [-0.25, -0.2) is 21.6 Å². The van der Waals surface area contributed by atoms with Crippen LogP contribution in [0.15, 0.2) is 59.5 Å². The van der Waals surface area contributed by atoms with E-state index >= 15 is 0 Å². The van der Waals surface area contributed by atoms with Crippen LogP contribution < -0.4 is 38.5 Å². The van der Waals surface area contributed by atoms with Gasteiger partial charge in [-0.05, 0) is 72.2 Å². The van der Waals surface area contributed by atoms with Crippen molar-refractivity contribution in [2.24, 2.45) is 0 Å². The molecule has 3 rings (SSSR count). The molecule has 1 aromatic rings. The van der Waals surface area contributed by atoms with E-state index in [2.05, 4.69) is 8.91 Å². The van der Waals surface area contributed by atoms with Crippen molar-refractivity contribution in [3.05, 3.63) is 71.3 Å². The van der Waals surface area contributed by atoms with E-state index in [0.717, 1.165) is 23.3 Å². The molecule has 7 nitrogen and oxygen atoms in total. The summed E-state index contributed by atoms with van der Waals surface area (Å²) in [6.45, 7) is 4.06. The molecule has 0 fully saturated rings. The Kier molecular flexibility index (Phi) is 10.6. The first-order valence-corrected chi connectivity index (χ1v) is 13.9. The first-order chi connectivity index (χ1) is 16.7. The van der Waals surface area contributed by atoms with Gasteiger partial charge >= 0.3 is 35.7 Å². The number of fused-ring (bicyclic) bond motifs is 1. The van der Waals surface area contributed by atoms with Crippen molar-refractivity contribution in [2.75, 3.05) is 6.54 Å². The van der Waals surface area contributed by atoms with E-state index in [9.17, 15) is 34.6 Å². The summed E-state index contributed by atoms with van der Waals surface area (Å²) in [5.41, 5.74) is 1.99. The summed E-state index contributed by atoms with van der Waals surface area (Å²) >= 11 is 0. The molecule has 0 saturated heterocycles. The zero-order chi connectivity index (χ0) is 26.7. The normalized spacial score (nSPS) is 12.5. The molecule has 13 heteroatoms. The minimum Gasteiger partial charge on any atom is -0.716 e. The Bertz CT molecular complexity index is 1390. The van der Waals surface area contributed by atoms with Crippen LogP contribution in [0.1, 0.15) is 49.3 Å². The molecule has 1 aromatic carbocycles. The van der Waals surface area contributed by atoms with Crippen molar-refractivity contribution < 1.29 is 68.3 Å². The molecule has 0 aromatic heterocycles. The Morgan fingerprint density at radius 3 is 2.05 bits per heavy atom. The van der Waals surface area contributed by atoms with E-state index in [1.165, 1.54) is 6.07 Å². The Morgan fingerprint density at radius 1 is 0.919 bits per heavy atom. The molecule has 0 heterocycles. The molecular formula is C24H25F3NNaO6S2. The second-order valence-corrected chi connectivity index (χ2v) is 11.3. The van der Waals surface area contributed by atoms with Gasteiger partial charge in [0.15, 0.2) is 0 Å². The number of hydrogen-bond acceptors (Lipinski definition) is 6. The Morgan fingerprint density at radius 2 is 1.51 bits per heavy atom. The number of unbranched alkanes of at least 4 members (excludes halogenated alkanes) is 1. The number of hydrogen-bond donors (Lipinski definition) is 1. The second-order valence-electron chi connectivity index (χ2n) is 8.55. The molecule has 37 heavy (non-hydrogen) atoms. The summed E-state index contributed by atoms with van der Waals surface area (Å²) in [5, 5.41) is 0. The van der Waals surface area contributed by atoms with Crippen LogP contribution in [0.4, 0.5) is 13.2 Å². The van der Waals surface area contributed by atoms with Gasteiger partial charge in [0, 0.05) is 12.1 Å². The van der Waals surface area contributed by atoms with Gasteiger partial charge in [0.05, 0.1) is 10.5 Å². The third-order valence-electron chi connectivity index (χ3n) is 5.61. The van der Waals surface area contributed by atoms with E-state index in [-0.39, 0.29) is 52.7 Å². The van der Waals surface area contributed by atoms with Gasteiger partial charge in [-0.3, -0.25) is 0 Å². The summed E-state index contributed by atoms with van der Waals surface area (Å²) in [4.78, 5) is -0.272. The van der Waals surface area contributed by atoms with E-state index in [1.54, 1.807) is 6.07 Å². The average Bonchev–Trinajstić information content (AvgIpc) is 2.93. The van der Waals surface area contributed by atoms with Crippen LogP contribution in [0.25, 0.3) is 11.1 Å². The Labute approximate surface area is 237 Å². The molecule has 0 unspecified atom stereocenters. The van der Waals surface area contributed by atoms with Crippen LogP contribution in [0, 0.1) is 0 Å². The zero-order valence-corrected chi connectivity index (χ0v) is 24.1. The molecule has 1 N–H and O–H groups in total. The SMILES string of the molecule is CC(C)c1ccc2c(CCCCNS(=O)(=O)c3ccc(C(F)(F)F)cc3)cc(OS(=O)(=O)[O-])c-2cc1.[Na+]. The average molecular weight is 568 g/mol. The zero-order valence-electron chi connectivity index (χ0n) is 20.5. The second kappa shape index (κ2) is 12.5. The standard InChI is InChI=1S/C24H26F3NO6S2.Na/c1-16(2)17-6-12-21-18(15-23(22(21)13-7-17)34-36(31,32)33)5-3-4-14-28-35(29,30)20-10-8-19(9-11-20)24(25,26)27;/h6-13,15-16,28H,3-5,14H2,1-2H3,(H,31,32,33);/q;+1/p-1. The van der Waals surface area contributed by atoms with Crippen LogP contribution in [0.5, 0.6) is 5.75 Å².